The number of hydrogen-bond donors (Lipinski definition) is 0. The third-order valence-corrected chi connectivity index (χ3v) is 6.69. The van der Waals surface area contributed by atoms with Crippen LogP contribution in [0.15, 0.2) is 35.2 Å². The Morgan fingerprint density at radius 3 is 2.50 bits per heavy atom. The van der Waals surface area contributed by atoms with Gasteiger partial charge >= 0.3 is 0 Å². The summed E-state index contributed by atoms with van der Waals surface area (Å²) >= 11 is 11.3. The fraction of sp³-hybridized carbons (Fsp3) is 0.158. The van der Waals surface area contributed by atoms with Crippen LogP contribution in [-0.2, 0) is 11.3 Å². The van der Waals surface area contributed by atoms with Gasteiger partial charge in [-0.05, 0) is 105 Å². The molecule has 1 aliphatic heterocycles. The highest BCUT2D eigenvalue weighted by atomic mass is 127. The Balaban J connectivity index is 1.85. The van der Waals surface area contributed by atoms with Crippen LogP contribution in [0.4, 0.5) is 9.18 Å². The summed E-state index contributed by atoms with van der Waals surface area (Å²) in [6, 6.07) is 7.69. The minimum Gasteiger partial charge on any atom is -0.492 e. The number of thioether (sulfide) groups is 1. The van der Waals surface area contributed by atoms with Crippen LogP contribution in [0.1, 0.15) is 18.1 Å². The lowest BCUT2D eigenvalue weighted by Gasteiger charge is -2.13. The highest BCUT2D eigenvalue weighted by Gasteiger charge is 2.35. The van der Waals surface area contributed by atoms with E-state index in [1.54, 1.807) is 6.08 Å². The van der Waals surface area contributed by atoms with Crippen LogP contribution in [0.25, 0.3) is 6.08 Å². The van der Waals surface area contributed by atoms with Crippen molar-refractivity contribution in [3.05, 3.63) is 64.3 Å². The molecule has 0 saturated carbocycles. The molecule has 0 bridgehead atoms. The zero-order valence-electron chi connectivity index (χ0n) is 14.5. The second-order valence-electron chi connectivity index (χ2n) is 5.75. The molecule has 1 aliphatic rings. The van der Waals surface area contributed by atoms with E-state index in [1.807, 2.05) is 19.1 Å². The van der Waals surface area contributed by atoms with Crippen molar-refractivity contribution in [2.24, 2.45) is 0 Å². The summed E-state index contributed by atoms with van der Waals surface area (Å²) in [5.74, 6) is -0.0586. The number of benzene rings is 2. The Labute approximate surface area is 198 Å². The first kappa shape index (κ1) is 21.8. The summed E-state index contributed by atoms with van der Waals surface area (Å²) in [7, 11) is 0. The van der Waals surface area contributed by atoms with Crippen molar-refractivity contribution in [1.29, 1.82) is 0 Å². The van der Waals surface area contributed by atoms with Crippen molar-refractivity contribution in [1.82, 2.24) is 4.90 Å². The fourth-order valence-electron chi connectivity index (χ4n) is 2.55. The van der Waals surface area contributed by atoms with Gasteiger partial charge in [0.25, 0.3) is 11.1 Å². The van der Waals surface area contributed by atoms with Gasteiger partial charge in [0.2, 0.25) is 0 Å². The van der Waals surface area contributed by atoms with Gasteiger partial charge in [0.1, 0.15) is 11.6 Å². The minimum absolute atomic E-state index is 0.000529. The molecular weight excluding hydrogens is 631 g/mol. The Hall–Kier alpha value is -0.850. The fourth-order valence-corrected chi connectivity index (χ4v) is 5.75. The highest BCUT2D eigenvalue weighted by Crippen LogP contribution is 2.36. The van der Waals surface area contributed by atoms with Crippen LogP contribution in [0.2, 0.25) is 5.02 Å². The van der Waals surface area contributed by atoms with Crippen LogP contribution in [-0.4, -0.2) is 22.7 Å². The number of amides is 2. The molecule has 0 aliphatic carbocycles. The molecule has 9 heteroatoms. The lowest BCUT2D eigenvalue weighted by atomic mass is 10.2. The molecule has 0 aromatic heterocycles. The molecule has 28 heavy (non-hydrogen) atoms. The third-order valence-electron chi connectivity index (χ3n) is 3.82. The van der Waals surface area contributed by atoms with Crippen LogP contribution in [0.3, 0.4) is 0 Å². The zero-order chi connectivity index (χ0) is 20.4. The average Bonchev–Trinajstić information content (AvgIpc) is 2.87. The van der Waals surface area contributed by atoms with E-state index in [9.17, 15) is 14.0 Å². The first-order valence-electron chi connectivity index (χ1n) is 8.11. The predicted molar refractivity (Wildman–Crippen MR) is 126 cm³/mol. The molecule has 1 fully saturated rings. The van der Waals surface area contributed by atoms with Gasteiger partial charge in [-0.15, -0.1) is 0 Å². The van der Waals surface area contributed by atoms with Gasteiger partial charge in [0, 0.05) is 5.02 Å². The summed E-state index contributed by atoms with van der Waals surface area (Å²) in [5, 5.41) is -0.203. The van der Waals surface area contributed by atoms with Gasteiger partial charge in [-0.1, -0.05) is 17.7 Å². The quantitative estimate of drug-likeness (QED) is 0.283. The lowest BCUT2D eigenvalue weighted by molar-refractivity contribution is -0.123. The molecule has 0 N–H and O–H groups in total. The Kier molecular flexibility index (Phi) is 7.26. The number of carbonyl (C=O) groups is 2. The van der Waals surface area contributed by atoms with Crippen molar-refractivity contribution in [3.8, 4) is 5.75 Å². The molecule has 0 atom stereocenters. The lowest BCUT2D eigenvalue weighted by Crippen LogP contribution is -2.27. The minimum atomic E-state index is -0.470. The van der Waals surface area contributed by atoms with Crippen molar-refractivity contribution >= 4 is 85.8 Å². The van der Waals surface area contributed by atoms with E-state index in [-0.39, 0.29) is 16.8 Å². The van der Waals surface area contributed by atoms with Crippen LogP contribution in [0, 0.1) is 13.0 Å². The summed E-state index contributed by atoms with van der Waals surface area (Å²) in [5.41, 5.74) is 1.32. The van der Waals surface area contributed by atoms with Crippen LogP contribution >= 0.6 is 68.5 Å². The van der Waals surface area contributed by atoms with Gasteiger partial charge in [-0.2, -0.15) is 0 Å². The van der Waals surface area contributed by atoms with Crippen LogP contribution < -0.4 is 4.74 Å². The van der Waals surface area contributed by atoms with E-state index in [0.29, 0.717) is 17.1 Å². The van der Waals surface area contributed by atoms with Gasteiger partial charge in [0.15, 0.2) is 0 Å². The van der Waals surface area contributed by atoms with Gasteiger partial charge in [0.05, 0.1) is 25.2 Å². The number of nitrogens with zero attached hydrogens (tertiary/aromatic N) is 1. The van der Waals surface area contributed by atoms with E-state index in [4.69, 9.17) is 16.3 Å². The van der Waals surface area contributed by atoms with Gasteiger partial charge < -0.3 is 4.74 Å². The number of halogens is 4. The number of ether oxygens (including phenoxy) is 1. The molecule has 0 unspecified atom stereocenters. The topological polar surface area (TPSA) is 46.6 Å². The summed E-state index contributed by atoms with van der Waals surface area (Å²) in [6.07, 6.45) is 1.69. The largest absolute Gasteiger partial charge is 0.492 e. The Morgan fingerprint density at radius 2 is 1.89 bits per heavy atom. The van der Waals surface area contributed by atoms with Crippen molar-refractivity contribution < 1.29 is 18.7 Å². The SMILES string of the molecule is CCOc1c(I)cc(/C=C2\SC(=O)N(Cc3ccc(F)cc3Cl)C2=O)cc1I. The van der Waals surface area contributed by atoms with Crippen molar-refractivity contribution in [2.45, 2.75) is 13.5 Å². The van der Waals surface area contributed by atoms with E-state index in [1.165, 1.54) is 12.1 Å². The molecule has 0 radical (unpaired) electrons. The summed E-state index contributed by atoms with van der Waals surface area (Å²) < 4.78 is 20.7. The Bertz CT molecular complexity index is 976. The maximum Gasteiger partial charge on any atom is 0.293 e. The normalized spacial score (nSPS) is 15.6. The maximum absolute atomic E-state index is 13.2. The van der Waals surface area contributed by atoms with E-state index in [2.05, 4.69) is 45.2 Å². The van der Waals surface area contributed by atoms with Crippen molar-refractivity contribution in [3.63, 3.8) is 0 Å². The standard InChI is InChI=1S/C19H13ClFI2NO3S/c1-2-27-17-14(22)5-10(6-15(17)23)7-16-18(25)24(19(26)28-16)9-11-3-4-12(21)8-13(11)20/h3-8H,2,9H2,1H3/b16-7-. The second kappa shape index (κ2) is 9.31. The van der Waals surface area contributed by atoms with E-state index in [0.717, 1.165) is 41.2 Å². The number of carbonyl (C=O) groups excluding carboxylic acids is 2. The smallest absolute Gasteiger partial charge is 0.293 e. The molecule has 2 aromatic carbocycles. The molecular formula is C19H13ClFI2NO3S. The Morgan fingerprint density at radius 1 is 1.21 bits per heavy atom. The van der Waals surface area contributed by atoms with E-state index >= 15 is 0 Å². The molecule has 1 saturated heterocycles. The molecule has 146 valence electrons. The summed E-state index contributed by atoms with van der Waals surface area (Å²) in [6.45, 7) is 2.49. The molecule has 2 amide bonds. The predicted octanol–water partition coefficient (Wildman–Crippen LogP) is 6.32. The monoisotopic (exact) mass is 643 g/mol. The first-order valence-corrected chi connectivity index (χ1v) is 11.5. The molecule has 2 aromatic rings. The maximum atomic E-state index is 13.2. The number of hydrogen-bond acceptors (Lipinski definition) is 4. The number of imide groups is 1. The van der Waals surface area contributed by atoms with Crippen molar-refractivity contribution in [2.75, 3.05) is 6.61 Å². The highest BCUT2D eigenvalue weighted by molar-refractivity contribution is 14.1. The van der Waals surface area contributed by atoms with Crippen LogP contribution in [0.5, 0.6) is 5.75 Å². The molecule has 3 rings (SSSR count). The average molecular weight is 644 g/mol. The molecule has 4 nitrogen and oxygen atoms in total. The first-order chi connectivity index (χ1) is 13.3. The zero-order valence-corrected chi connectivity index (χ0v) is 20.4. The summed E-state index contributed by atoms with van der Waals surface area (Å²) in [4.78, 5) is 26.5. The third kappa shape index (κ3) is 4.82. The molecule has 1 heterocycles. The number of rotatable bonds is 5. The van der Waals surface area contributed by atoms with Gasteiger partial charge in [-0.25, -0.2) is 4.39 Å². The second-order valence-corrected chi connectivity index (χ2v) is 9.48. The molecule has 0 spiro atoms. The van der Waals surface area contributed by atoms with Gasteiger partial charge in [-0.3, -0.25) is 14.5 Å². The van der Waals surface area contributed by atoms with E-state index < -0.39 is 11.7 Å².